The predicted molar refractivity (Wildman–Crippen MR) is 74.7 cm³/mol. The van der Waals surface area contributed by atoms with E-state index in [2.05, 4.69) is 20.0 Å². The number of methoxy groups -OCH3 is 2. The summed E-state index contributed by atoms with van der Waals surface area (Å²) in [6.45, 7) is 0. The zero-order chi connectivity index (χ0) is 14.5. The molecule has 0 saturated carbocycles. The summed E-state index contributed by atoms with van der Waals surface area (Å²) in [6, 6.07) is 9.31. The van der Waals surface area contributed by atoms with Gasteiger partial charge in [0.25, 0.3) is 0 Å². The molecule has 7 heteroatoms. The Bertz CT molecular complexity index is 620. The second-order valence-electron chi connectivity index (χ2n) is 3.70. The molecule has 0 amide bonds. The number of benzene rings is 1. The zero-order valence-corrected chi connectivity index (χ0v) is 11.6. The lowest BCUT2D eigenvalue weighted by Gasteiger charge is -2.10. The molecule has 1 aromatic carbocycles. The quantitative estimate of drug-likeness (QED) is 0.874. The van der Waals surface area contributed by atoms with Gasteiger partial charge >= 0.3 is 5.97 Å². The van der Waals surface area contributed by atoms with E-state index in [1.165, 1.54) is 14.2 Å². The van der Waals surface area contributed by atoms with Crippen molar-refractivity contribution in [1.29, 1.82) is 0 Å². The molecular weight excluding hydrogens is 282 g/mol. The Morgan fingerprint density at radius 2 is 1.90 bits per heavy atom. The first kappa shape index (κ1) is 14.1. The minimum atomic E-state index is -0.664. The topological polar surface area (TPSA) is 73.3 Å². The third-order valence-electron chi connectivity index (χ3n) is 2.43. The highest BCUT2D eigenvalue weighted by molar-refractivity contribution is 6.32. The van der Waals surface area contributed by atoms with Crippen molar-refractivity contribution < 1.29 is 14.3 Å². The number of esters is 1. The van der Waals surface area contributed by atoms with E-state index in [1.54, 1.807) is 0 Å². The number of aromatic nitrogens is 2. The van der Waals surface area contributed by atoms with Crippen LogP contribution in [0.5, 0.6) is 5.88 Å². The van der Waals surface area contributed by atoms with Crippen molar-refractivity contribution in [2.75, 3.05) is 19.5 Å². The lowest BCUT2D eigenvalue weighted by molar-refractivity contribution is 0.0589. The van der Waals surface area contributed by atoms with Crippen molar-refractivity contribution in [2.24, 2.45) is 0 Å². The lowest BCUT2D eigenvalue weighted by atomic mass is 10.3. The van der Waals surface area contributed by atoms with Crippen molar-refractivity contribution in [1.82, 2.24) is 9.97 Å². The van der Waals surface area contributed by atoms with Gasteiger partial charge in [-0.25, -0.2) is 9.78 Å². The molecular formula is C13H12ClN3O3. The molecule has 0 saturated heterocycles. The number of halogens is 1. The number of carbonyl (C=O) groups excluding carboxylic acids is 1. The Morgan fingerprint density at radius 1 is 1.20 bits per heavy atom. The van der Waals surface area contributed by atoms with Crippen LogP contribution in [0.25, 0.3) is 0 Å². The Labute approximate surface area is 120 Å². The van der Waals surface area contributed by atoms with Gasteiger partial charge in [0.2, 0.25) is 11.6 Å². The first-order valence-corrected chi connectivity index (χ1v) is 6.05. The van der Waals surface area contributed by atoms with Gasteiger partial charge in [-0.15, -0.1) is 0 Å². The van der Waals surface area contributed by atoms with E-state index in [-0.39, 0.29) is 16.7 Å². The fourth-order valence-corrected chi connectivity index (χ4v) is 1.68. The molecule has 1 aromatic heterocycles. The van der Waals surface area contributed by atoms with Gasteiger partial charge in [-0.1, -0.05) is 29.8 Å². The monoisotopic (exact) mass is 293 g/mol. The first-order valence-electron chi connectivity index (χ1n) is 5.67. The molecule has 20 heavy (non-hydrogen) atoms. The largest absolute Gasteiger partial charge is 0.479 e. The molecule has 0 aliphatic carbocycles. The fourth-order valence-electron chi connectivity index (χ4n) is 1.51. The third-order valence-corrected chi connectivity index (χ3v) is 2.69. The maximum absolute atomic E-state index is 11.5. The number of nitrogens with zero attached hydrogens (tertiary/aromatic N) is 2. The van der Waals surface area contributed by atoms with Gasteiger partial charge in [-0.2, -0.15) is 4.98 Å². The minimum absolute atomic E-state index is 0.0414. The van der Waals surface area contributed by atoms with E-state index in [0.29, 0.717) is 5.82 Å². The van der Waals surface area contributed by atoms with Crippen molar-refractivity contribution in [3.63, 3.8) is 0 Å². The van der Waals surface area contributed by atoms with E-state index in [1.807, 2.05) is 30.3 Å². The average Bonchev–Trinajstić information content (AvgIpc) is 2.49. The molecule has 0 bridgehead atoms. The van der Waals surface area contributed by atoms with Crippen LogP contribution in [0.1, 0.15) is 10.5 Å². The molecule has 0 unspecified atom stereocenters. The number of hydrogen-bond acceptors (Lipinski definition) is 6. The molecule has 0 fully saturated rings. The van der Waals surface area contributed by atoms with Crippen LogP contribution in [-0.4, -0.2) is 30.2 Å². The van der Waals surface area contributed by atoms with Crippen LogP contribution in [0.3, 0.4) is 0 Å². The summed E-state index contributed by atoms with van der Waals surface area (Å²) in [5, 5.41) is 3.04. The number of anilines is 2. The number of ether oxygens (including phenoxy) is 2. The second kappa shape index (κ2) is 6.21. The van der Waals surface area contributed by atoms with Crippen molar-refractivity contribution in [2.45, 2.75) is 0 Å². The molecule has 0 atom stereocenters. The summed E-state index contributed by atoms with van der Waals surface area (Å²) < 4.78 is 9.62. The van der Waals surface area contributed by atoms with Gasteiger partial charge in [0, 0.05) is 5.69 Å². The average molecular weight is 294 g/mol. The summed E-state index contributed by atoms with van der Waals surface area (Å²) in [5.74, 6) is -0.329. The van der Waals surface area contributed by atoms with Crippen LogP contribution >= 0.6 is 11.6 Å². The van der Waals surface area contributed by atoms with Gasteiger partial charge in [-0.3, -0.25) is 0 Å². The standard InChI is InChI=1S/C13H12ClN3O3/c1-19-12-9(13(18)20-2)16-10(14)11(17-12)15-8-6-4-3-5-7-8/h3-7H,1-2H3,(H,15,17). The number of carbonyl (C=O) groups is 1. The molecule has 0 radical (unpaired) electrons. The molecule has 1 heterocycles. The van der Waals surface area contributed by atoms with Gasteiger partial charge in [0.15, 0.2) is 11.0 Å². The normalized spacial score (nSPS) is 9.95. The molecule has 1 N–H and O–H groups in total. The Kier molecular flexibility index (Phi) is 4.37. The summed E-state index contributed by atoms with van der Waals surface area (Å²) >= 11 is 6.01. The summed E-state index contributed by atoms with van der Waals surface area (Å²) in [6.07, 6.45) is 0. The fraction of sp³-hybridized carbons (Fsp3) is 0.154. The molecule has 0 spiro atoms. The van der Waals surface area contributed by atoms with Gasteiger partial charge < -0.3 is 14.8 Å². The number of nitrogens with one attached hydrogen (secondary N) is 1. The van der Waals surface area contributed by atoms with Crippen LogP contribution in [0, 0.1) is 0 Å². The van der Waals surface area contributed by atoms with E-state index in [0.717, 1.165) is 5.69 Å². The van der Waals surface area contributed by atoms with Crippen molar-refractivity contribution in [3.05, 3.63) is 41.2 Å². The molecule has 2 aromatic rings. The van der Waals surface area contributed by atoms with Gasteiger partial charge in [0.1, 0.15) is 0 Å². The van der Waals surface area contributed by atoms with Crippen LogP contribution in [0.15, 0.2) is 30.3 Å². The van der Waals surface area contributed by atoms with Gasteiger partial charge in [0.05, 0.1) is 14.2 Å². The number of rotatable bonds is 4. The SMILES string of the molecule is COC(=O)c1nc(Cl)c(Nc2ccccc2)nc1OC. The smallest absolute Gasteiger partial charge is 0.362 e. The molecule has 0 aliphatic rings. The molecule has 104 valence electrons. The van der Waals surface area contributed by atoms with Crippen molar-refractivity contribution >= 4 is 29.1 Å². The second-order valence-corrected chi connectivity index (χ2v) is 4.06. The Morgan fingerprint density at radius 3 is 2.50 bits per heavy atom. The van der Waals surface area contributed by atoms with Crippen LogP contribution < -0.4 is 10.1 Å². The minimum Gasteiger partial charge on any atom is -0.479 e. The summed E-state index contributed by atoms with van der Waals surface area (Å²) in [4.78, 5) is 19.6. The molecule has 0 aliphatic heterocycles. The van der Waals surface area contributed by atoms with Gasteiger partial charge in [-0.05, 0) is 12.1 Å². The van der Waals surface area contributed by atoms with Crippen LogP contribution in [-0.2, 0) is 4.74 Å². The summed E-state index contributed by atoms with van der Waals surface area (Å²) in [7, 11) is 2.63. The highest BCUT2D eigenvalue weighted by Crippen LogP contribution is 2.26. The highest BCUT2D eigenvalue weighted by atomic mass is 35.5. The zero-order valence-electron chi connectivity index (χ0n) is 10.9. The van der Waals surface area contributed by atoms with E-state index in [4.69, 9.17) is 16.3 Å². The molecule has 2 rings (SSSR count). The highest BCUT2D eigenvalue weighted by Gasteiger charge is 2.20. The predicted octanol–water partition coefficient (Wildman–Crippen LogP) is 2.67. The van der Waals surface area contributed by atoms with E-state index >= 15 is 0 Å². The number of para-hydroxylation sites is 1. The van der Waals surface area contributed by atoms with Crippen LogP contribution in [0.2, 0.25) is 5.15 Å². The maximum atomic E-state index is 11.5. The molecule has 6 nitrogen and oxygen atoms in total. The third kappa shape index (κ3) is 2.97. The van der Waals surface area contributed by atoms with Crippen molar-refractivity contribution in [3.8, 4) is 5.88 Å². The van der Waals surface area contributed by atoms with Crippen LogP contribution in [0.4, 0.5) is 11.5 Å². The van der Waals surface area contributed by atoms with E-state index < -0.39 is 5.97 Å². The Hall–Kier alpha value is -2.34. The number of hydrogen-bond donors (Lipinski definition) is 1. The maximum Gasteiger partial charge on any atom is 0.362 e. The van der Waals surface area contributed by atoms with E-state index in [9.17, 15) is 4.79 Å². The first-order chi connectivity index (χ1) is 9.65. The summed E-state index contributed by atoms with van der Waals surface area (Å²) in [5.41, 5.74) is 0.718. The Balaban J connectivity index is 2.38. The lowest BCUT2D eigenvalue weighted by Crippen LogP contribution is -2.10.